The van der Waals surface area contributed by atoms with Gasteiger partial charge in [-0.2, -0.15) is 0 Å². The van der Waals surface area contributed by atoms with E-state index in [9.17, 15) is 4.79 Å². The van der Waals surface area contributed by atoms with Crippen LogP contribution in [0.5, 0.6) is 5.75 Å². The number of nitrogens with zero attached hydrogens (tertiary/aromatic N) is 1. The number of likely N-dealkylation sites (tertiary alicyclic amines) is 1. The summed E-state index contributed by atoms with van der Waals surface area (Å²) in [5.74, 6) is 0.524. The van der Waals surface area contributed by atoms with Crippen molar-refractivity contribution in [2.24, 2.45) is 0 Å². The van der Waals surface area contributed by atoms with Gasteiger partial charge in [0.05, 0.1) is 6.04 Å². The van der Waals surface area contributed by atoms with Crippen molar-refractivity contribution in [2.45, 2.75) is 25.8 Å². The molecule has 1 aliphatic heterocycles. The van der Waals surface area contributed by atoms with E-state index in [4.69, 9.17) is 16.3 Å². The third-order valence-corrected chi connectivity index (χ3v) is 4.97. The Labute approximate surface area is 160 Å². The number of nitrogens with one attached hydrogen (secondary N) is 1. The Morgan fingerprint density at radius 3 is 2.42 bits per heavy atom. The highest BCUT2D eigenvalue weighted by atomic mass is 35.5. The van der Waals surface area contributed by atoms with Crippen molar-refractivity contribution in [3.8, 4) is 5.75 Å². The molecule has 0 aliphatic carbocycles. The Kier molecular flexibility index (Phi) is 6.53. The standard InChI is InChI=1S/C21H25ClN2O2/c1-16-4-6-17(7-5-16)20(24-12-2-3-13-24)14-23-21(25)15-26-19-10-8-18(22)9-11-19/h4-11,20H,2-3,12-15H2,1H3,(H,23,25)/t20-/m1/s1. The molecular weight excluding hydrogens is 348 g/mol. The van der Waals surface area contributed by atoms with Crippen molar-refractivity contribution >= 4 is 17.5 Å². The van der Waals surface area contributed by atoms with Gasteiger partial charge < -0.3 is 10.1 Å². The average Bonchev–Trinajstić information content (AvgIpc) is 3.17. The number of halogens is 1. The molecular formula is C21H25ClN2O2. The average molecular weight is 373 g/mol. The van der Waals surface area contributed by atoms with Gasteiger partial charge in [-0.15, -0.1) is 0 Å². The predicted octanol–water partition coefficient (Wildman–Crippen LogP) is 3.98. The van der Waals surface area contributed by atoms with Gasteiger partial charge in [-0.1, -0.05) is 41.4 Å². The largest absolute Gasteiger partial charge is 0.484 e. The van der Waals surface area contributed by atoms with E-state index < -0.39 is 0 Å². The van der Waals surface area contributed by atoms with Gasteiger partial charge in [0.15, 0.2) is 6.61 Å². The molecule has 4 nitrogen and oxygen atoms in total. The van der Waals surface area contributed by atoms with Crippen LogP contribution in [0.1, 0.15) is 30.0 Å². The Bertz CT molecular complexity index is 710. The predicted molar refractivity (Wildman–Crippen MR) is 105 cm³/mol. The number of benzene rings is 2. The molecule has 2 aromatic carbocycles. The zero-order valence-electron chi connectivity index (χ0n) is 15.1. The van der Waals surface area contributed by atoms with Crippen LogP contribution < -0.4 is 10.1 Å². The summed E-state index contributed by atoms with van der Waals surface area (Å²) in [6.45, 7) is 4.84. The number of carbonyl (C=O) groups excluding carboxylic acids is 1. The van der Waals surface area contributed by atoms with Crippen molar-refractivity contribution in [3.63, 3.8) is 0 Å². The normalized spacial score (nSPS) is 15.6. The maximum atomic E-state index is 12.2. The molecule has 0 unspecified atom stereocenters. The molecule has 1 atom stereocenters. The zero-order valence-corrected chi connectivity index (χ0v) is 15.8. The summed E-state index contributed by atoms with van der Waals surface area (Å²) in [6, 6.07) is 15.8. The topological polar surface area (TPSA) is 41.6 Å². The van der Waals surface area contributed by atoms with Gasteiger partial charge in [-0.3, -0.25) is 9.69 Å². The molecule has 5 heteroatoms. The summed E-state index contributed by atoms with van der Waals surface area (Å²) in [5.41, 5.74) is 2.49. The quantitative estimate of drug-likeness (QED) is 0.799. The van der Waals surface area contributed by atoms with E-state index in [-0.39, 0.29) is 18.6 Å². The van der Waals surface area contributed by atoms with Gasteiger partial charge in [0.1, 0.15) is 5.75 Å². The number of amides is 1. The lowest BCUT2D eigenvalue weighted by Crippen LogP contribution is -2.38. The summed E-state index contributed by atoms with van der Waals surface area (Å²) < 4.78 is 5.52. The maximum absolute atomic E-state index is 12.2. The van der Waals surface area contributed by atoms with Crippen molar-refractivity contribution in [2.75, 3.05) is 26.2 Å². The fourth-order valence-corrected chi connectivity index (χ4v) is 3.37. The molecule has 0 aromatic heterocycles. The monoisotopic (exact) mass is 372 g/mol. The lowest BCUT2D eigenvalue weighted by Gasteiger charge is -2.28. The van der Waals surface area contributed by atoms with Gasteiger partial charge in [-0.25, -0.2) is 0 Å². The van der Waals surface area contributed by atoms with Crippen LogP contribution in [0.25, 0.3) is 0 Å². The Balaban J connectivity index is 1.55. The lowest BCUT2D eigenvalue weighted by molar-refractivity contribution is -0.123. The molecule has 2 aromatic rings. The van der Waals surface area contributed by atoms with Gasteiger partial charge in [-0.05, 0) is 62.7 Å². The Morgan fingerprint density at radius 2 is 1.77 bits per heavy atom. The van der Waals surface area contributed by atoms with Crippen LogP contribution in [0.2, 0.25) is 5.02 Å². The molecule has 0 spiro atoms. The van der Waals surface area contributed by atoms with E-state index in [1.54, 1.807) is 24.3 Å². The summed E-state index contributed by atoms with van der Waals surface area (Å²) in [4.78, 5) is 14.7. The minimum atomic E-state index is -0.115. The van der Waals surface area contributed by atoms with Gasteiger partial charge >= 0.3 is 0 Å². The third-order valence-electron chi connectivity index (χ3n) is 4.72. The van der Waals surface area contributed by atoms with Crippen molar-refractivity contribution in [1.82, 2.24) is 10.2 Å². The smallest absolute Gasteiger partial charge is 0.258 e. The number of carbonyl (C=O) groups is 1. The second-order valence-corrected chi connectivity index (χ2v) is 7.15. The molecule has 1 amide bonds. The first-order valence-corrected chi connectivity index (χ1v) is 9.45. The van der Waals surface area contributed by atoms with E-state index in [1.165, 1.54) is 24.0 Å². The first-order valence-electron chi connectivity index (χ1n) is 9.07. The van der Waals surface area contributed by atoms with Crippen molar-refractivity contribution in [1.29, 1.82) is 0 Å². The Morgan fingerprint density at radius 1 is 1.12 bits per heavy atom. The minimum absolute atomic E-state index is 0.00223. The van der Waals surface area contributed by atoms with Gasteiger partial charge in [0, 0.05) is 11.6 Å². The van der Waals surface area contributed by atoms with E-state index in [0.717, 1.165) is 13.1 Å². The van der Waals surface area contributed by atoms with Gasteiger partial charge in [0.25, 0.3) is 5.91 Å². The summed E-state index contributed by atoms with van der Waals surface area (Å²) in [5, 5.41) is 3.67. The first-order chi connectivity index (χ1) is 12.6. The SMILES string of the molecule is Cc1ccc([C@@H](CNC(=O)COc2ccc(Cl)cc2)N2CCCC2)cc1. The molecule has 26 heavy (non-hydrogen) atoms. The molecule has 138 valence electrons. The summed E-state index contributed by atoms with van der Waals surface area (Å²) >= 11 is 5.85. The third kappa shape index (κ3) is 5.23. The highest BCUT2D eigenvalue weighted by molar-refractivity contribution is 6.30. The molecule has 1 saturated heterocycles. The van der Waals surface area contributed by atoms with E-state index in [1.807, 2.05) is 0 Å². The molecule has 0 saturated carbocycles. The zero-order chi connectivity index (χ0) is 18.4. The van der Waals surface area contributed by atoms with E-state index in [2.05, 4.69) is 41.4 Å². The summed E-state index contributed by atoms with van der Waals surface area (Å²) in [7, 11) is 0. The first kappa shape index (κ1) is 18.7. The van der Waals surface area contributed by atoms with Crippen molar-refractivity contribution in [3.05, 3.63) is 64.7 Å². The molecule has 1 heterocycles. The molecule has 1 N–H and O–H groups in total. The number of hydrogen-bond acceptors (Lipinski definition) is 3. The molecule has 0 radical (unpaired) electrons. The second-order valence-electron chi connectivity index (χ2n) is 6.72. The van der Waals surface area contributed by atoms with Crippen LogP contribution in [0, 0.1) is 6.92 Å². The highest BCUT2D eigenvalue weighted by Gasteiger charge is 2.23. The Hall–Kier alpha value is -2.04. The molecule has 0 bridgehead atoms. The highest BCUT2D eigenvalue weighted by Crippen LogP contribution is 2.25. The van der Waals surface area contributed by atoms with Crippen molar-refractivity contribution < 1.29 is 9.53 Å². The van der Waals surface area contributed by atoms with Crippen LogP contribution in [0.15, 0.2) is 48.5 Å². The fourth-order valence-electron chi connectivity index (χ4n) is 3.24. The van der Waals surface area contributed by atoms with Crippen LogP contribution in [0.4, 0.5) is 0 Å². The number of aryl methyl sites for hydroxylation is 1. The summed E-state index contributed by atoms with van der Waals surface area (Å²) in [6.07, 6.45) is 2.44. The van der Waals surface area contributed by atoms with Crippen LogP contribution in [-0.4, -0.2) is 37.0 Å². The van der Waals surface area contributed by atoms with E-state index in [0.29, 0.717) is 17.3 Å². The second kappa shape index (κ2) is 9.06. The number of hydrogen-bond donors (Lipinski definition) is 1. The van der Waals surface area contributed by atoms with Crippen LogP contribution in [-0.2, 0) is 4.79 Å². The maximum Gasteiger partial charge on any atom is 0.258 e. The lowest BCUT2D eigenvalue weighted by atomic mass is 10.0. The fraction of sp³-hybridized carbons (Fsp3) is 0.381. The molecule has 1 aliphatic rings. The van der Waals surface area contributed by atoms with Crippen LogP contribution in [0.3, 0.4) is 0 Å². The minimum Gasteiger partial charge on any atom is -0.484 e. The number of ether oxygens (including phenoxy) is 1. The molecule has 1 fully saturated rings. The van der Waals surface area contributed by atoms with E-state index >= 15 is 0 Å². The number of rotatable bonds is 7. The van der Waals surface area contributed by atoms with Gasteiger partial charge in [0.2, 0.25) is 0 Å². The molecule has 3 rings (SSSR count). The van der Waals surface area contributed by atoms with Crippen LogP contribution >= 0.6 is 11.6 Å².